The Morgan fingerprint density at radius 2 is 2.00 bits per heavy atom. The van der Waals surface area contributed by atoms with Crippen LogP contribution in [0.3, 0.4) is 0 Å². The van der Waals surface area contributed by atoms with E-state index in [0.29, 0.717) is 17.7 Å². The minimum absolute atomic E-state index is 0.248. The van der Waals surface area contributed by atoms with Gasteiger partial charge in [0, 0.05) is 4.88 Å². The van der Waals surface area contributed by atoms with Crippen molar-refractivity contribution in [2.24, 2.45) is 0 Å². The molecule has 0 aliphatic heterocycles. The minimum Gasteiger partial charge on any atom is -0.480 e. The van der Waals surface area contributed by atoms with Gasteiger partial charge >= 0.3 is 5.97 Å². The molecular weight excluding hydrogens is 274 g/mol. The van der Waals surface area contributed by atoms with Crippen LogP contribution in [-0.2, 0) is 11.2 Å². The minimum atomic E-state index is -1.07. The molecule has 110 valence electrons. The van der Waals surface area contributed by atoms with Crippen LogP contribution < -0.4 is 5.32 Å². The maximum Gasteiger partial charge on any atom is 0.329 e. The number of rotatable bonds is 4. The average molecular weight is 295 g/mol. The van der Waals surface area contributed by atoms with E-state index < -0.39 is 11.5 Å². The molecule has 0 radical (unpaired) electrons. The van der Waals surface area contributed by atoms with Gasteiger partial charge in [-0.05, 0) is 37.8 Å². The van der Waals surface area contributed by atoms with Crippen molar-refractivity contribution in [2.45, 2.75) is 57.9 Å². The number of aliphatic carboxylic acids is 1. The van der Waals surface area contributed by atoms with E-state index in [1.807, 2.05) is 13.0 Å². The monoisotopic (exact) mass is 295 g/mol. The molecule has 1 aliphatic rings. The lowest BCUT2D eigenvalue weighted by atomic mass is 9.81. The van der Waals surface area contributed by atoms with E-state index in [9.17, 15) is 14.7 Å². The number of carboxylic acid groups (broad SMARTS) is 1. The zero-order valence-electron chi connectivity index (χ0n) is 12.0. The van der Waals surface area contributed by atoms with Crippen LogP contribution in [0.15, 0.2) is 6.07 Å². The van der Waals surface area contributed by atoms with Gasteiger partial charge in [0.2, 0.25) is 0 Å². The molecule has 0 aromatic carbocycles. The summed E-state index contributed by atoms with van der Waals surface area (Å²) in [7, 11) is 0. The predicted octanol–water partition coefficient (Wildman–Crippen LogP) is 3.14. The van der Waals surface area contributed by atoms with Gasteiger partial charge in [-0.3, -0.25) is 4.79 Å². The largest absolute Gasteiger partial charge is 0.480 e. The highest BCUT2D eigenvalue weighted by atomic mass is 32.1. The first-order chi connectivity index (χ1) is 9.48. The molecule has 0 atom stereocenters. The molecule has 0 unspecified atom stereocenters. The fourth-order valence-electron chi connectivity index (χ4n) is 2.81. The van der Waals surface area contributed by atoms with Gasteiger partial charge in [0.1, 0.15) is 5.54 Å². The first-order valence-corrected chi connectivity index (χ1v) is 7.95. The highest BCUT2D eigenvalue weighted by Gasteiger charge is 2.41. The Morgan fingerprint density at radius 3 is 2.50 bits per heavy atom. The van der Waals surface area contributed by atoms with Crippen LogP contribution in [0, 0.1) is 6.92 Å². The number of thiophene rings is 1. The maximum atomic E-state index is 12.3. The van der Waals surface area contributed by atoms with E-state index in [2.05, 4.69) is 12.2 Å². The quantitative estimate of drug-likeness (QED) is 0.896. The third-order valence-electron chi connectivity index (χ3n) is 4.03. The Hall–Kier alpha value is -1.36. The van der Waals surface area contributed by atoms with Crippen molar-refractivity contribution in [3.63, 3.8) is 0 Å². The molecule has 1 amide bonds. The lowest BCUT2D eigenvalue weighted by Gasteiger charge is -2.33. The normalized spacial score (nSPS) is 17.7. The molecular formula is C15H21NO3S. The van der Waals surface area contributed by atoms with Gasteiger partial charge in [0.15, 0.2) is 0 Å². The van der Waals surface area contributed by atoms with Crippen molar-refractivity contribution < 1.29 is 14.7 Å². The number of carbonyl (C=O) groups is 2. The number of hydrogen-bond acceptors (Lipinski definition) is 3. The van der Waals surface area contributed by atoms with Crippen LogP contribution >= 0.6 is 11.3 Å². The van der Waals surface area contributed by atoms with E-state index in [0.717, 1.165) is 31.2 Å². The summed E-state index contributed by atoms with van der Waals surface area (Å²) in [6.07, 6.45) is 4.71. The average Bonchev–Trinajstić information content (AvgIpc) is 2.81. The molecule has 0 saturated heterocycles. The number of carboxylic acids is 1. The summed E-state index contributed by atoms with van der Waals surface area (Å²) < 4.78 is 0. The molecule has 1 aromatic rings. The summed E-state index contributed by atoms with van der Waals surface area (Å²) in [6.45, 7) is 4.04. The summed E-state index contributed by atoms with van der Waals surface area (Å²) in [5.41, 5.74) is 0.0373. The van der Waals surface area contributed by atoms with Gasteiger partial charge in [-0.1, -0.05) is 26.2 Å². The van der Waals surface area contributed by atoms with Gasteiger partial charge in [-0.2, -0.15) is 0 Å². The lowest BCUT2D eigenvalue weighted by Crippen LogP contribution is -2.55. The van der Waals surface area contributed by atoms with Crippen molar-refractivity contribution in [1.82, 2.24) is 5.32 Å². The Bertz CT molecular complexity index is 515. The van der Waals surface area contributed by atoms with Gasteiger partial charge in [0.05, 0.1) is 4.88 Å². The second-order valence-corrected chi connectivity index (χ2v) is 6.61. The molecule has 1 aromatic heterocycles. The molecule has 1 fully saturated rings. The summed E-state index contributed by atoms with van der Waals surface area (Å²) >= 11 is 1.46. The highest BCUT2D eigenvalue weighted by Crippen LogP contribution is 2.30. The molecule has 1 aliphatic carbocycles. The molecule has 1 heterocycles. The highest BCUT2D eigenvalue weighted by molar-refractivity contribution is 7.14. The fourth-order valence-corrected chi connectivity index (χ4v) is 3.82. The molecule has 2 N–H and O–H groups in total. The SMILES string of the molecule is CCc1sc(C(=O)NC2(C(=O)O)CCCCC2)cc1C. The third-order valence-corrected chi connectivity index (χ3v) is 5.41. The Kier molecular flexibility index (Phi) is 4.48. The van der Waals surface area contributed by atoms with Gasteiger partial charge < -0.3 is 10.4 Å². The fraction of sp³-hybridized carbons (Fsp3) is 0.600. The van der Waals surface area contributed by atoms with Gasteiger partial charge in [-0.25, -0.2) is 4.79 Å². The number of hydrogen-bond donors (Lipinski definition) is 2. The summed E-state index contributed by atoms with van der Waals surface area (Å²) in [5.74, 6) is -1.16. The Morgan fingerprint density at radius 1 is 1.35 bits per heavy atom. The lowest BCUT2D eigenvalue weighted by molar-refractivity contribution is -0.145. The summed E-state index contributed by atoms with van der Waals surface area (Å²) in [5, 5.41) is 12.3. The second-order valence-electron chi connectivity index (χ2n) is 5.47. The van der Waals surface area contributed by atoms with Crippen LogP contribution in [-0.4, -0.2) is 22.5 Å². The summed E-state index contributed by atoms with van der Waals surface area (Å²) in [4.78, 5) is 25.7. The van der Waals surface area contributed by atoms with Crippen molar-refractivity contribution in [3.05, 3.63) is 21.4 Å². The Balaban J connectivity index is 2.17. The number of carbonyl (C=O) groups excluding carboxylic acids is 1. The zero-order chi connectivity index (χ0) is 14.8. The van der Waals surface area contributed by atoms with E-state index in [-0.39, 0.29) is 5.91 Å². The van der Waals surface area contributed by atoms with Crippen LogP contribution in [0.1, 0.15) is 59.1 Å². The first kappa shape index (κ1) is 15.0. The van der Waals surface area contributed by atoms with E-state index in [1.165, 1.54) is 16.2 Å². The number of amides is 1. The van der Waals surface area contributed by atoms with Crippen molar-refractivity contribution in [1.29, 1.82) is 0 Å². The van der Waals surface area contributed by atoms with Crippen LogP contribution in [0.2, 0.25) is 0 Å². The van der Waals surface area contributed by atoms with E-state index in [4.69, 9.17) is 0 Å². The molecule has 2 rings (SSSR count). The van der Waals surface area contributed by atoms with Crippen molar-refractivity contribution >= 4 is 23.2 Å². The summed E-state index contributed by atoms with van der Waals surface area (Å²) in [6, 6.07) is 1.86. The third kappa shape index (κ3) is 2.87. The van der Waals surface area contributed by atoms with Gasteiger partial charge in [-0.15, -0.1) is 11.3 Å². The maximum absolute atomic E-state index is 12.3. The number of nitrogens with one attached hydrogen (secondary N) is 1. The molecule has 1 saturated carbocycles. The van der Waals surface area contributed by atoms with Gasteiger partial charge in [0.25, 0.3) is 5.91 Å². The topological polar surface area (TPSA) is 66.4 Å². The first-order valence-electron chi connectivity index (χ1n) is 7.14. The smallest absolute Gasteiger partial charge is 0.329 e. The molecule has 0 spiro atoms. The molecule has 5 heteroatoms. The molecule has 4 nitrogen and oxygen atoms in total. The van der Waals surface area contributed by atoms with Crippen LogP contribution in [0.4, 0.5) is 0 Å². The standard InChI is InChI=1S/C15H21NO3S/c1-3-11-10(2)9-12(20-11)13(17)16-15(14(18)19)7-5-4-6-8-15/h9H,3-8H2,1-2H3,(H,16,17)(H,18,19). The molecule has 0 bridgehead atoms. The zero-order valence-corrected chi connectivity index (χ0v) is 12.8. The Labute approximate surface area is 123 Å². The number of aryl methyl sites for hydroxylation is 2. The predicted molar refractivity (Wildman–Crippen MR) is 79.4 cm³/mol. The van der Waals surface area contributed by atoms with Crippen molar-refractivity contribution in [2.75, 3.05) is 0 Å². The molecule has 20 heavy (non-hydrogen) atoms. The van der Waals surface area contributed by atoms with Crippen molar-refractivity contribution in [3.8, 4) is 0 Å². The van der Waals surface area contributed by atoms with E-state index >= 15 is 0 Å². The second kappa shape index (κ2) is 5.95. The van der Waals surface area contributed by atoms with Crippen LogP contribution in [0.5, 0.6) is 0 Å². The van der Waals surface area contributed by atoms with E-state index in [1.54, 1.807) is 0 Å². The van der Waals surface area contributed by atoms with Crippen LogP contribution in [0.25, 0.3) is 0 Å².